The number of amides is 1. The largest absolute Gasteiger partial charge is 0.349 e. The summed E-state index contributed by atoms with van der Waals surface area (Å²) in [6.45, 7) is 4.83. The van der Waals surface area contributed by atoms with Gasteiger partial charge in [-0.1, -0.05) is 30.7 Å². The summed E-state index contributed by atoms with van der Waals surface area (Å²) in [4.78, 5) is 16.8. The van der Waals surface area contributed by atoms with E-state index in [2.05, 4.69) is 27.6 Å². The second kappa shape index (κ2) is 9.90. The first-order valence-electron chi connectivity index (χ1n) is 8.88. The highest BCUT2D eigenvalue weighted by Gasteiger charge is 2.19. The summed E-state index contributed by atoms with van der Waals surface area (Å²) < 4.78 is 1.68. The summed E-state index contributed by atoms with van der Waals surface area (Å²) in [7, 11) is 0. The molecule has 1 aromatic heterocycles. The van der Waals surface area contributed by atoms with Crippen molar-refractivity contribution < 1.29 is 4.79 Å². The van der Waals surface area contributed by atoms with E-state index < -0.39 is 0 Å². The zero-order chi connectivity index (χ0) is 17.6. The molecule has 2 aromatic rings. The normalized spacial score (nSPS) is 16.3. The standard InChI is InChI=1S/C18H24ClN5O.ClH/c1-2-5-16-22-17(18(25)21-11-9-13-8-10-20-12-13)23-24(16)15-7-4-3-6-14(15)19;/h3-4,6-7,13,20H,2,5,8-12H2,1H3,(H,21,25);1H. The predicted octanol–water partition coefficient (Wildman–Crippen LogP) is 3.02. The summed E-state index contributed by atoms with van der Waals surface area (Å²) in [5, 5.41) is 11.3. The molecule has 1 atom stereocenters. The van der Waals surface area contributed by atoms with Crippen LogP contribution in [0.4, 0.5) is 0 Å². The Labute approximate surface area is 165 Å². The second-order valence-corrected chi connectivity index (χ2v) is 6.78. The lowest BCUT2D eigenvalue weighted by Gasteiger charge is -2.08. The van der Waals surface area contributed by atoms with Crippen LogP contribution in [0, 0.1) is 5.92 Å². The Hall–Kier alpha value is -1.63. The lowest BCUT2D eigenvalue weighted by molar-refractivity contribution is 0.0941. The van der Waals surface area contributed by atoms with Crippen LogP contribution in [0.15, 0.2) is 24.3 Å². The zero-order valence-electron chi connectivity index (χ0n) is 14.9. The van der Waals surface area contributed by atoms with E-state index in [1.165, 1.54) is 6.42 Å². The van der Waals surface area contributed by atoms with Gasteiger partial charge in [0.15, 0.2) is 0 Å². The fourth-order valence-electron chi connectivity index (χ4n) is 3.07. The lowest BCUT2D eigenvalue weighted by atomic mass is 10.1. The van der Waals surface area contributed by atoms with E-state index in [0.717, 1.165) is 43.9 Å². The van der Waals surface area contributed by atoms with Gasteiger partial charge >= 0.3 is 0 Å². The number of benzene rings is 1. The second-order valence-electron chi connectivity index (χ2n) is 6.37. The molecule has 1 unspecified atom stereocenters. The van der Waals surface area contributed by atoms with Gasteiger partial charge in [0.05, 0.1) is 10.7 Å². The molecule has 0 aliphatic carbocycles. The fourth-order valence-corrected chi connectivity index (χ4v) is 3.29. The quantitative estimate of drug-likeness (QED) is 0.752. The maximum atomic E-state index is 12.4. The minimum Gasteiger partial charge on any atom is -0.349 e. The van der Waals surface area contributed by atoms with E-state index in [9.17, 15) is 4.79 Å². The number of hydrogen-bond acceptors (Lipinski definition) is 4. The molecule has 3 rings (SSSR count). The molecule has 142 valence electrons. The number of rotatable bonds is 7. The number of aryl methyl sites for hydroxylation is 1. The number of hydrogen-bond donors (Lipinski definition) is 2. The molecule has 2 N–H and O–H groups in total. The molecular weight excluding hydrogens is 373 g/mol. The highest BCUT2D eigenvalue weighted by atomic mass is 35.5. The molecule has 8 heteroatoms. The number of aromatic nitrogens is 3. The fraction of sp³-hybridized carbons (Fsp3) is 0.500. The molecule has 2 heterocycles. The third kappa shape index (κ3) is 4.96. The van der Waals surface area contributed by atoms with Crippen molar-refractivity contribution in [3.8, 4) is 5.69 Å². The smallest absolute Gasteiger partial charge is 0.290 e. The van der Waals surface area contributed by atoms with E-state index in [1.807, 2.05) is 24.3 Å². The Morgan fingerprint density at radius 2 is 2.23 bits per heavy atom. The molecule has 0 saturated carbocycles. The van der Waals surface area contributed by atoms with Gasteiger partial charge in [0.2, 0.25) is 5.82 Å². The minimum atomic E-state index is -0.228. The molecule has 1 fully saturated rings. The molecular formula is C18H25Cl2N5O. The van der Waals surface area contributed by atoms with Crippen LogP contribution in [0.2, 0.25) is 5.02 Å². The molecule has 1 aliphatic rings. The van der Waals surface area contributed by atoms with E-state index in [-0.39, 0.29) is 24.1 Å². The highest BCUT2D eigenvalue weighted by Crippen LogP contribution is 2.21. The van der Waals surface area contributed by atoms with Crippen molar-refractivity contribution in [1.82, 2.24) is 25.4 Å². The average Bonchev–Trinajstić information content (AvgIpc) is 3.26. The van der Waals surface area contributed by atoms with Gasteiger partial charge in [0, 0.05) is 13.0 Å². The van der Waals surface area contributed by atoms with Gasteiger partial charge < -0.3 is 10.6 Å². The Kier molecular flexibility index (Phi) is 7.87. The number of nitrogens with zero attached hydrogens (tertiary/aromatic N) is 3. The van der Waals surface area contributed by atoms with Crippen LogP contribution < -0.4 is 10.6 Å². The van der Waals surface area contributed by atoms with Crippen molar-refractivity contribution in [2.45, 2.75) is 32.6 Å². The monoisotopic (exact) mass is 397 g/mol. The van der Waals surface area contributed by atoms with Crippen molar-refractivity contribution in [2.75, 3.05) is 19.6 Å². The van der Waals surface area contributed by atoms with E-state index in [0.29, 0.717) is 17.5 Å². The Morgan fingerprint density at radius 1 is 1.42 bits per heavy atom. The molecule has 1 saturated heterocycles. The van der Waals surface area contributed by atoms with Crippen molar-refractivity contribution in [3.05, 3.63) is 40.9 Å². The molecule has 1 aromatic carbocycles. The topological polar surface area (TPSA) is 71.8 Å². The molecule has 26 heavy (non-hydrogen) atoms. The van der Waals surface area contributed by atoms with Gasteiger partial charge in [0.1, 0.15) is 5.82 Å². The minimum absolute atomic E-state index is 0. The van der Waals surface area contributed by atoms with Gasteiger partial charge in [-0.2, -0.15) is 0 Å². The average molecular weight is 398 g/mol. The van der Waals surface area contributed by atoms with E-state index in [4.69, 9.17) is 11.6 Å². The number of carbonyl (C=O) groups excluding carboxylic acids is 1. The first-order chi connectivity index (χ1) is 12.2. The van der Waals surface area contributed by atoms with Crippen molar-refractivity contribution in [2.24, 2.45) is 5.92 Å². The first-order valence-corrected chi connectivity index (χ1v) is 9.26. The van der Waals surface area contributed by atoms with E-state index in [1.54, 1.807) is 4.68 Å². The number of halogens is 2. The molecule has 0 bridgehead atoms. The Balaban J connectivity index is 0.00000243. The number of nitrogens with one attached hydrogen (secondary N) is 2. The van der Waals surface area contributed by atoms with Crippen molar-refractivity contribution >= 4 is 29.9 Å². The molecule has 6 nitrogen and oxygen atoms in total. The first kappa shape index (κ1) is 20.7. The summed E-state index contributed by atoms with van der Waals surface area (Å²) >= 11 is 6.28. The summed E-state index contributed by atoms with van der Waals surface area (Å²) in [6, 6.07) is 7.45. The van der Waals surface area contributed by atoms with Gasteiger partial charge in [-0.05, 0) is 50.4 Å². The maximum absolute atomic E-state index is 12.4. The number of para-hydroxylation sites is 1. The zero-order valence-corrected chi connectivity index (χ0v) is 16.4. The van der Waals surface area contributed by atoms with Crippen LogP contribution in [0.1, 0.15) is 42.6 Å². The van der Waals surface area contributed by atoms with Crippen LogP contribution in [0.3, 0.4) is 0 Å². The van der Waals surface area contributed by atoms with Crippen LogP contribution in [0.25, 0.3) is 5.69 Å². The van der Waals surface area contributed by atoms with E-state index >= 15 is 0 Å². The molecule has 0 spiro atoms. The predicted molar refractivity (Wildman–Crippen MR) is 106 cm³/mol. The van der Waals surface area contributed by atoms with Crippen LogP contribution in [-0.4, -0.2) is 40.3 Å². The van der Waals surface area contributed by atoms with Gasteiger partial charge in [0.25, 0.3) is 5.91 Å². The molecule has 1 amide bonds. The van der Waals surface area contributed by atoms with Crippen molar-refractivity contribution in [1.29, 1.82) is 0 Å². The molecule has 0 radical (unpaired) electrons. The lowest BCUT2D eigenvalue weighted by Crippen LogP contribution is -2.27. The Morgan fingerprint density at radius 3 is 2.92 bits per heavy atom. The third-order valence-corrected chi connectivity index (χ3v) is 4.75. The van der Waals surface area contributed by atoms with Gasteiger partial charge in [-0.3, -0.25) is 4.79 Å². The summed E-state index contributed by atoms with van der Waals surface area (Å²) in [5.74, 6) is 1.37. The Bertz CT molecular complexity index is 728. The third-order valence-electron chi connectivity index (χ3n) is 4.43. The maximum Gasteiger partial charge on any atom is 0.290 e. The van der Waals surface area contributed by atoms with Gasteiger partial charge in [-0.25, -0.2) is 9.67 Å². The SMILES string of the molecule is CCCc1nc(C(=O)NCCC2CCNC2)nn1-c1ccccc1Cl.Cl. The van der Waals surface area contributed by atoms with Crippen LogP contribution >= 0.6 is 24.0 Å². The van der Waals surface area contributed by atoms with Crippen LogP contribution in [-0.2, 0) is 6.42 Å². The van der Waals surface area contributed by atoms with Gasteiger partial charge in [-0.15, -0.1) is 17.5 Å². The molecule has 1 aliphatic heterocycles. The number of carbonyl (C=O) groups is 1. The van der Waals surface area contributed by atoms with Crippen LogP contribution in [0.5, 0.6) is 0 Å². The van der Waals surface area contributed by atoms with Crippen molar-refractivity contribution in [3.63, 3.8) is 0 Å². The summed E-state index contributed by atoms with van der Waals surface area (Å²) in [6.07, 6.45) is 3.81. The summed E-state index contributed by atoms with van der Waals surface area (Å²) in [5.41, 5.74) is 0.746. The highest BCUT2D eigenvalue weighted by molar-refractivity contribution is 6.32.